The molecule has 2 aromatic carbocycles. The molecular weight excluding hydrogens is 662 g/mol. The lowest BCUT2D eigenvalue weighted by Crippen LogP contribution is -2.36. The lowest BCUT2D eigenvalue weighted by atomic mass is 9.84. The summed E-state index contributed by atoms with van der Waals surface area (Å²) in [5.41, 5.74) is -1.68. The molecule has 2 amide bonds. The second kappa shape index (κ2) is 11.2. The van der Waals surface area contributed by atoms with Crippen LogP contribution >= 0.6 is 22.9 Å². The van der Waals surface area contributed by atoms with Gasteiger partial charge in [-0.2, -0.15) is 23.0 Å². The summed E-state index contributed by atoms with van der Waals surface area (Å²) < 4.78 is 59.3. The predicted octanol–water partition coefficient (Wildman–Crippen LogP) is 6.94. The molecule has 1 fully saturated rings. The van der Waals surface area contributed by atoms with Gasteiger partial charge < -0.3 is 4.90 Å². The number of alkyl halides is 3. The van der Waals surface area contributed by atoms with Crippen molar-refractivity contribution >= 4 is 40.7 Å². The van der Waals surface area contributed by atoms with Gasteiger partial charge in [0, 0.05) is 39.1 Å². The second-order valence-electron chi connectivity index (χ2n) is 12.1. The summed E-state index contributed by atoms with van der Waals surface area (Å²) >= 11 is 7.96. The minimum atomic E-state index is -4.64. The number of carbonyl (C=O) groups excluding carboxylic acids is 3. The molecule has 0 N–H and O–H groups in total. The van der Waals surface area contributed by atoms with Gasteiger partial charge in [0.15, 0.2) is 0 Å². The van der Waals surface area contributed by atoms with Gasteiger partial charge in [0.2, 0.25) is 5.91 Å². The van der Waals surface area contributed by atoms with Crippen molar-refractivity contribution in [1.29, 1.82) is 0 Å². The van der Waals surface area contributed by atoms with Crippen molar-refractivity contribution in [3.8, 4) is 11.3 Å². The van der Waals surface area contributed by atoms with Crippen LogP contribution in [0.1, 0.15) is 72.4 Å². The third-order valence-corrected chi connectivity index (χ3v) is 10.6. The number of halogens is 5. The second-order valence-corrected chi connectivity index (χ2v) is 13.8. The number of hydrogen-bond donors (Lipinski definition) is 0. The highest BCUT2D eigenvalue weighted by Gasteiger charge is 2.65. The Morgan fingerprint density at radius 3 is 2.55 bits per heavy atom. The topological polar surface area (TPSA) is 115 Å². The van der Waals surface area contributed by atoms with Crippen LogP contribution in [0.2, 0.25) is 5.02 Å². The molecule has 1 aliphatic heterocycles. The average molecular weight is 686 g/mol. The molecule has 2 aliphatic carbocycles. The fourth-order valence-electron chi connectivity index (χ4n) is 6.76. The van der Waals surface area contributed by atoms with Crippen molar-refractivity contribution in [2.24, 2.45) is 11.1 Å². The maximum absolute atomic E-state index is 15.5. The van der Waals surface area contributed by atoms with E-state index in [4.69, 9.17) is 11.6 Å². The van der Waals surface area contributed by atoms with E-state index < -0.39 is 35.1 Å². The van der Waals surface area contributed by atoms with Crippen molar-refractivity contribution in [2.75, 3.05) is 0 Å². The standard InChI is InChI=1S/C32H24ClF4N5O4S/c1-15-38-23-13-41(14-25(23)47-15)29(44)17-6-8-19-24(12-17)42(39-27(19)18-7-5-16(11-22(18)34)28(43)40-46)30(45)26-20(3-2-4-21(26)33)31(9-10-31)32(35,36)37/h2-5,7,11,17H,6,8-10,12-14H2,1H3. The van der Waals surface area contributed by atoms with E-state index in [0.29, 0.717) is 25.1 Å². The van der Waals surface area contributed by atoms with E-state index in [1.54, 1.807) is 4.90 Å². The van der Waals surface area contributed by atoms with Crippen LogP contribution in [-0.2, 0) is 36.1 Å². The van der Waals surface area contributed by atoms with Crippen molar-refractivity contribution in [1.82, 2.24) is 19.7 Å². The number of carbonyl (C=O) groups is 3. The Labute approximate surface area is 273 Å². The fraction of sp³-hybridized carbons (Fsp3) is 0.344. The first-order valence-electron chi connectivity index (χ1n) is 14.8. The maximum atomic E-state index is 15.5. The van der Waals surface area contributed by atoms with Crippen molar-refractivity contribution in [2.45, 2.75) is 63.7 Å². The Kier molecular flexibility index (Phi) is 7.43. The first kappa shape index (κ1) is 31.3. The number of aryl methyl sites for hydroxylation is 1. The fourth-order valence-corrected chi connectivity index (χ4v) is 7.98. The summed E-state index contributed by atoms with van der Waals surface area (Å²) in [5.74, 6) is -3.78. The number of nitroso groups, excluding NO2 is 1. The van der Waals surface area contributed by atoms with E-state index in [1.165, 1.54) is 41.7 Å². The summed E-state index contributed by atoms with van der Waals surface area (Å²) in [6.45, 7) is 2.64. The van der Waals surface area contributed by atoms with E-state index >= 15 is 4.39 Å². The molecule has 242 valence electrons. The number of aromatic nitrogens is 3. The van der Waals surface area contributed by atoms with Crippen molar-refractivity contribution < 1.29 is 31.9 Å². The molecule has 7 rings (SSSR count). The Bertz CT molecular complexity index is 1990. The zero-order valence-electron chi connectivity index (χ0n) is 24.7. The molecule has 3 heterocycles. The summed E-state index contributed by atoms with van der Waals surface area (Å²) in [6.07, 6.45) is -4.49. The molecule has 0 bridgehead atoms. The average Bonchev–Trinajstić information content (AvgIpc) is 3.51. The molecule has 15 heteroatoms. The minimum Gasteiger partial charge on any atom is -0.331 e. The molecule has 1 atom stereocenters. The van der Waals surface area contributed by atoms with Crippen LogP contribution in [0.5, 0.6) is 0 Å². The summed E-state index contributed by atoms with van der Waals surface area (Å²) in [4.78, 5) is 57.7. The van der Waals surface area contributed by atoms with Gasteiger partial charge in [0.1, 0.15) is 5.82 Å². The molecule has 3 aliphatic rings. The monoisotopic (exact) mass is 685 g/mol. The lowest BCUT2D eigenvalue weighted by Gasteiger charge is -2.27. The third-order valence-electron chi connectivity index (χ3n) is 9.28. The van der Waals surface area contributed by atoms with Crippen LogP contribution in [0, 0.1) is 23.6 Å². The number of hydrogen-bond acceptors (Lipinski definition) is 7. The molecule has 0 radical (unpaired) electrons. The zero-order chi connectivity index (χ0) is 33.4. The van der Waals surface area contributed by atoms with Gasteiger partial charge in [-0.25, -0.2) is 9.37 Å². The molecule has 4 aromatic rings. The van der Waals surface area contributed by atoms with Crippen molar-refractivity contribution in [3.63, 3.8) is 0 Å². The molecule has 0 saturated heterocycles. The number of nitrogens with zero attached hydrogens (tertiary/aromatic N) is 5. The van der Waals surface area contributed by atoms with Gasteiger partial charge in [-0.3, -0.25) is 14.4 Å². The number of rotatable bonds is 5. The van der Waals surface area contributed by atoms with Gasteiger partial charge in [-0.05, 0) is 62.4 Å². The van der Waals surface area contributed by atoms with Crippen LogP contribution in [0.15, 0.2) is 41.6 Å². The molecule has 9 nitrogen and oxygen atoms in total. The Hall–Kier alpha value is -4.30. The van der Waals surface area contributed by atoms with E-state index in [-0.39, 0.29) is 70.3 Å². The van der Waals surface area contributed by atoms with Gasteiger partial charge in [-0.1, -0.05) is 23.7 Å². The van der Waals surface area contributed by atoms with Crippen LogP contribution in [-0.4, -0.2) is 43.6 Å². The van der Waals surface area contributed by atoms with Gasteiger partial charge in [0.25, 0.3) is 5.91 Å². The van der Waals surface area contributed by atoms with Crippen molar-refractivity contribution in [3.05, 3.63) is 95.7 Å². The molecule has 0 spiro atoms. The Morgan fingerprint density at radius 1 is 1.13 bits per heavy atom. The molecule has 1 saturated carbocycles. The summed E-state index contributed by atoms with van der Waals surface area (Å²) in [5, 5.41) is 7.47. The summed E-state index contributed by atoms with van der Waals surface area (Å²) in [6, 6.07) is 7.17. The number of fused-ring (bicyclic) bond motifs is 2. The normalized spacial score (nSPS) is 18.1. The van der Waals surface area contributed by atoms with E-state index in [9.17, 15) is 32.5 Å². The highest BCUT2D eigenvalue weighted by atomic mass is 35.5. The zero-order valence-corrected chi connectivity index (χ0v) is 26.2. The highest BCUT2D eigenvalue weighted by molar-refractivity contribution is 7.11. The molecule has 1 unspecified atom stereocenters. The highest BCUT2D eigenvalue weighted by Crippen LogP contribution is 2.60. The predicted molar refractivity (Wildman–Crippen MR) is 163 cm³/mol. The summed E-state index contributed by atoms with van der Waals surface area (Å²) in [7, 11) is 0. The van der Waals surface area contributed by atoms with Crippen LogP contribution in [0.3, 0.4) is 0 Å². The lowest BCUT2D eigenvalue weighted by molar-refractivity contribution is -0.160. The first-order chi connectivity index (χ1) is 22.3. The van der Waals surface area contributed by atoms with Gasteiger partial charge >= 0.3 is 12.1 Å². The molecule has 2 aromatic heterocycles. The maximum Gasteiger partial charge on any atom is 0.398 e. The SMILES string of the molecule is Cc1nc2c(s1)CN(C(=O)C1CCc3c(-c4ccc(C(=O)N=O)cc4F)nn(C(=O)c4c(Cl)cccc4C4(C(F)(F)F)CC4)c3C1)C2. The third kappa shape index (κ3) is 5.08. The largest absolute Gasteiger partial charge is 0.398 e. The first-order valence-corrected chi connectivity index (χ1v) is 15.9. The Morgan fingerprint density at radius 2 is 1.89 bits per heavy atom. The number of thiazole rings is 1. The van der Waals surface area contributed by atoms with Crippen LogP contribution in [0.4, 0.5) is 17.6 Å². The van der Waals surface area contributed by atoms with E-state index in [2.05, 4.69) is 15.3 Å². The molecular formula is C32H24ClF4N5O4S. The van der Waals surface area contributed by atoms with E-state index in [1.807, 2.05) is 6.92 Å². The number of amides is 2. The van der Waals surface area contributed by atoms with E-state index in [0.717, 1.165) is 26.3 Å². The Balaban J connectivity index is 1.32. The molecule has 47 heavy (non-hydrogen) atoms. The minimum absolute atomic E-state index is 0.0148. The van der Waals surface area contributed by atoms with Crippen LogP contribution in [0.25, 0.3) is 11.3 Å². The van der Waals surface area contributed by atoms with Gasteiger partial charge in [0.05, 0.1) is 51.2 Å². The smallest absolute Gasteiger partial charge is 0.331 e. The van der Waals surface area contributed by atoms with Crippen LogP contribution < -0.4 is 0 Å². The number of benzene rings is 2. The quantitative estimate of drug-likeness (QED) is 0.166. The van der Waals surface area contributed by atoms with Gasteiger partial charge in [-0.15, -0.1) is 16.2 Å².